The van der Waals surface area contributed by atoms with E-state index >= 15 is 0 Å². The van der Waals surface area contributed by atoms with Crippen LogP contribution < -0.4 is 10.6 Å². The van der Waals surface area contributed by atoms with Crippen LogP contribution in [-0.4, -0.2) is 29.7 Å². The quantitative estimate of drug-likeness (QED) is 0.659. The molecule has 0 saturated heterocycles. The summed E-state index contributed by atoms with van der Waals surface area (Å²) in [6, 6.07) is 18.0. The average Bonchev–Trinajstić information content (AvgIpc) is 3.23. The normalized spacial score (nSPS) is 22.6. The fourth-order valence-electron chi connectivity index (χ4n) is 4.63. The molecular formula is C23H26N2O3. The number of benzene rings is 2. The second-order valence-corrected chi connectivity index (χ2v) is 7.93. The maximum atomic E-state index is 12.4. The molecular weight excluding hydrogens is 352 g/mol. The van der Waals surface area contributed by atoms with Gasteiger partial charge in [-0.2, -0.15) is 0 Å². The molecule has 146 valence electrons. The van der Waals surface area contributed by atoms with E-state index in [9.17, 15) is 9.59 Å². The molecule has 28 heavy (non-hydrogen) atoms. The summed E-state index contributed by atoms with van der Waals surface area (Å²) in [6.07, 6.45) is 2.20. The molecule has 1 fully saturated rings. The molecule has 3 N–H and O–H groups in total. The predicted octanol–water partition coefficient (Wildman–Crippen LogP) is 3.35. The minimum Gasteiger partial charge on any atom is -0.481 e. The maximum absolute atomic E-state index is 12.4. The van der Waals surface area contributed by atoms with E-state index in [0.717, 1.165) is 12.0 Å². The van der Waals surface area contributed by atoms with E-state index < -0.39 is 5.97 Å². The van der Waals surface area contributed by atoms with Crippen molar-refractivity contribution in [3.63, 3.8) is 0 Å². The number of carboxylic acid groups (broad SMARTS) is 1. The van der Waals surface area contributed by atoms with Crippen molar-refractivity contribution in [1.29, 1.82) is 0 Å². The third-order valence-electron chi connectivity index (χ3n) is 6.07. The molecule has 5 nitrogen and oxygen atoms in total. The number of amides is 2. The summed E-state index contributed by atoms with van der Waals surface area (Å²) in [5.74, 6) is 0.922. The monoisotopic (exact) mass is 378 g/mol. The third-order valence-corrected chi connectivity index (χ3v) is 6.07. The van der Waals surface area contributed by atoms with Crippen LogP contribution in [0.15, 0.2) is 54.6 Å². The first-order valence-electron chi connectivity index (χ1n) is 9.99. The Morgan fingerprint density at radius 3 is 2.61 bits per heavy atom. The molecule has 2 aliphatic rings. The van der Waals surface area contributed by atoms with Crippen molar-refractivity contribution >= 4 is 12.0 Å². The zero-order chi connectivity index (χ0) is 19.5. The zero-order valence-corrected chi connectivity index (χ0v) is 15.8. The Labute approximate surface area is 165 Å². The minimum absolute atomic E-state index is 0.0430. The number of nitrogens with one attached hydrogen (secondary N) is 2. The molecule has 1 saturated carbocycles. The SMILES string of the molecule is O=C(O)CCC(Cc1ccccc1)NC(=O)NCC1C2Cc3ccccc3C12. The van der Waals surface area contributed by atoms with Crippen LogP contribution in [-0.2, 0) is 17.6 Å². The number of carboxylic acids is 1. The van der Waals surface area contributed by atoms with E-state index in [1.807, 2.05) is 30.3 Å². The van der Waals surface area contributed by atoms with Gasteiger partial charge in [-0.3, -0.25) is 4.79 Å². The first kappa shape index (κ1) is 18.5. The van der Waals surface area contributed by atoms with Gasteiger partial charge in [-0.15, -0.1) is 0 Å². The highest BCUT2D eigenvalue weighted by atomic mass is 16.4. The van der Waals surface area contributed by atoms with Crippen molar-refractivity contribution in [2.45, 2.75) is 37.6 Å². The highest BCUT2D eigenvalue weighted by molar-refractivity contribution is 5.74. The van der Waals surface area contributed by atoms with Crippen molar-refractivity contribution in [2.75, 3.05) is 6.54 Å². The van der Waals surface area contributed by atoms with E-state index in [1.165, 1.54) is 11.1 Å². The maximum Gasteiger partial charge on any atom is 0.315 e. The lowest BCUT2D eigenvalue weighted by atomic mass is 10.0. The largest absolute Gasteiger partial charge is 0.481 e. The zero-order valence-electron chi connectivity index (χ0n) is 15.8. The Hall–Kier alpha value is -2.82. The number of aliphatic carboxylic acids is 1. The van der Waals surface area contributed by atoms with Gasteiger partial charge in [0.1, 0.15) is 0 Å². The summed E-state index contributed by atoms with van der Waals surface area (Å²) < 4.78 is 0. The molecule has 0 spiro atoms. The van der Waals surface area contributed by atoms with Crippen LogP contribution in [0.5, 0.6) is 0 Å². The van der Waals surface area contributed by atoms with Crippen molar-refractivity contribution in [2.24, 2.45) is 11.8 Å². The van der Waals surface area contributed by atoms with Gasteiger partial charge in [-0.05, 0) is 53.7 Å². The van der Waals surface area contributed by atoms with Gasteiger partial charge in [0.25, 0.3) is 0 Å². The predicted molar refractivity (Wildman–Crippen MR) is 107 cm³/mol. The molecule has 4 unspecified atom stereocenters. The number of fused-ring (bicyclic) bond motifs is 3. The van der Waals surface area contributed by atoms with Crippen LogP contribution in [0.3, 0.4) is 0 Å². The number of carbonyl (C=O) groups excluding carboxylic acids is 1. The lowest BCUT2D eigenvalue weighted by Crippen LogP contribution is -2.44. The van der Waals surface area contributed by atoms with E-state index in [1.54, 1.807) is 0 Å². The molecule has 5 heteroatoms. The Bertz CT molecular complexity index is 852. The van der Waals surface area contributed by atoms with Crippen molar-refractivity contribution in [1.82, 2.24) is 10.6 Å². The van der Waals surface area contributed by atoms with Crippen molar-refractivity contribution in [3.8, 4) is 0 Å². The van der Waals surface area contributed by atoms with Crippen LogP contribution >= 0.6 is 0 Å². The van der Waals surface area contributed by atoms with Crippen molar-refractivity contribution < 1.29 is 14.7 Å². The molecule has 0 bridgehead atoms. The second-order valence-electron chi connectivity index (χ2n) is 7.93. The van der Waals surface area contributed by atoms with Crippen LogP contribution in [0.2, 0.25) is 0 Å². The van der Waals surface area contributed by atoms with E-state index in [0.29, 0.717) is 37.1 Å². The molecule has 0 aromatic heterocycles. The Balaban J connectivity index is 1.28. The smallest absolute Gasteiger partial charge is 0.315 e. The molecule has 2 aromatic rings. The van der Waals surface area contributed by atoms with Gasteiger partial charge < -0.3 is 15.7 Å². The number of hydrogen-bond donors (Lipinski definition) is 3. The van der Waals surface area contributed by atoms with E-state index in [-0.39, 0.29) is 18.5 Å². The fourth-order valence-corrected chi connectivity index (χ4v) is 4.63. The molecule has 4 atom stereocenters. The first-order valence-corrected chi connectivity index (χ1v) is 9.99. The summed E-state index contributed by atoms with van der Waals surface area (Å²) in [4.78, 5) is 23.4. The van der Waals surface area contributed by atoms with Gasteiger partial charge in [0.2, 0.25) is 0 Å². The van der Waals surface area contributed by atoms with E-state index in [4.69, 9.17) is 5.11 Å². The standard InChI is InChI=1S/C23H26N2O3/c26-21(27)11-10-17(12-15-6-2-1-3-7-15)25-23(28)24-14-20-19-13-16-8-4-5-9-18(16)22(19)20/h1-9,17,19-20,22H,10-14H2,(H,26,27)(H2,24,25,28). The third kappa shape index (κ3) is 4.19. The molecule has 2 aliphatic carbocycles. The van der Waals surface area contributed by atoms with Gasteiger partial charge in [0.15, 0.2) is 0 Å². The van der Waals surface area contributed by atoms with Gasteiger partial charge in [0, 0.05) is 19.0 Å². The summed E-state index contributed by atoms with van der Waals surface area (Å²) in [5.41, 5.74) is 3.99. The topological polar surface area (TPSA) is 78.4 Å². The Morgan fingerprint density at radius 1 is 1.07 bits per heavy atom. The molecule has 0 aliphatic heterocycles. The Morgan fingerprint density at radius 2 is 1.82 bits per heavy atom. The highest BCUT2D eigenvalue weighted by Crippen LogP contribution is 2.60. The van der Waals surface area contributed by atoms with Crippen LogP contribution in [0, 0.1) is 11.8 Å². The first-order chi connectivity index (χ1) is 13.6. The molecule has 0 heterocycles. The van der Waals surface area contributed by atoms with Gasteiger partial charge in [-0.25, -0.2) is 4.79 Å². The molecule has 4 rings (SSSR count). The summed E-state index contributed by atoms with van der Waals surface area (Å²) in [7, 11) is 0. The minimum atomic E-state index is -0.843. The lowest BCUT2D eigenvalue weighted by Gasteiger charge is -2.19. The lowest BCUT2D eigenvalue weighted by molar-refractivity contribution is -0.137. The number of urea groups is 1. The summed E-state index contributed by atoms with van der Waals surface area (Å²) in [5, 5.41) is 15.0. The molecule has 0 radical (unpaired) electrons. The highest BCUT2D eigenvalue weighted by Gasteiger charge is 2.55. The van der Waals surface area contributed by atoms with Crippen molar-refractivity contribution in [3.05, 3.63) is 71.3 Å². The average molecular weight is 378 g/mol. The summed E-state index contributed by atoms with van der Waals surface area (Å²) >= 11 is 0. The summed E-state index contributed by atoms with van der Waals surface area (Å²) in [6.45, 7) is 0.673. The number of rotatable bonds is 8. The van der Waals surface area contributed by atoms with Crippen LogP contribution in [0.1, 0.15) is 35.4 Å². The molecule has 2 aromatic carbocycles. The second kappa shape index (κ2) is 8.05. The van der Waals surface area contributed by atoms with Crippen LogP contribution in [0.25, 0.3) is 0 Å². The van der Waals surface area contributed by atoms with Gasteiger partial charge in [0.05, 0.1) is 0 Å². The van der Waals surface area contributed by atoms with Crippen LogP contribution in [0.4, 0.5) is 4.79 Å². The van der Waals surface area contributed by atoms with E-state index in [2.05, 4.69) is 34.9 Å². The molecule has 2 amide bonds. The van der Waals surface area contributed by atoms with Gasteiger partial charge in [-0.1, -0.05) is 54.6 Å². The van der Waals surface area contributed by atoms with Gasteiger partial charge >= 0.3 is 12.0 Å². The fraction of sp³-hybridized carbons (Fsp3) is 0.391. The number of carbonyl (C=O) groups is 2. The number of hydrogen-bond acceptors (Lipinski definition) is 2. The Kier molecular flexibility index (Phi) is 5.33.